The second kappa shape index (κ2) is 14.5. The number of anilines is 3. The highest BCUT2D eigenvalue weighted by molar-refractivity contribution is 7.93. The highest BCUT2D eigenvalue weighted by Crippen LogP contribution is 2.33. The van der Waals surface area contributed by atoms with Gasteiger partial charge in [0.05, 0.1) is 42.8 Å². The molecule has 0 radical (unpaired) electrons. The summed E-state index contributed by atoms with van der Waals surface area (Å²) in [5, 5.41) is 33.5. The third kappa shape index (κ3) is 8.51. The van der Waals surface area contributed by atoms with Crippen molar-refractivity contribution < 1.29 is 46.4 Å². The molecule has 0 aromatic heterocycles. The minimum atomic E-state index is -4.27. The lowest BCUT2D eigenvalue weighted by Gasteiger charge is -2.34. The molecule has 0 aliphatic carbocycles. The maximum Gasteiger partial charge on any atom is 0.324 e. The number of aromatic hydroxyl groups is 1. The van der Waals surface area contributed by atoms with Crippen LogP contribution in [0, 0.1) is 0 Å². The van der Waals surface area contributed by atoms with Gasteiger partial charge in [0.2, 0.25) is 10.0 Å². The molecule has 1 fully saturated rings. The fraction of sp³-hybridized carbons (Fsp3) is 0.367. The predicted molar refractivity (Wildman–Crippen MR) is 173 cm³/mol. The molecule has 14 nitrogen and oxygen atoms in total. The van der Waals surface area contributed by atoms with Gasteiger partial charge in [0.1, 0.15) is 12.3 Å². The van der Waals surface area contributed by atoms with Crippen molar-refractivity contribution in [2.45, 2.75) is 29.9 Å². The zero-order valence-electron chi connectivity index (χ0n) is 25.6. The smallest absolute Gasteiger partial charge is 0.324 e. The number of hydrogen-bond donors (Lipinski definition) is 5. The molecule has 5 N–H and O–H groups in total. The fourth-order valence-corrected chi connectivity index (χ4v) is 7.15. The van der Waals surface area contributed by atoms with Gasteiger partial charge in [-0.05, 0) is 66.9 Å². The zero-order chi connectivity index (χ0) is 33.6. The van der Waals surface area contributed by atoms with Crippen LogP contribution in [-0.2, 0) is 24.8 Å². The number of phenols is 1. The summed E-state index contributed by atoms with van der Waals surface area (Å²) in [5.74, 6) is -1.03. The van der Waals surface area contributed by atoms with Crippen molar-refractivity contribution in [1.82, 2.24) is 5.32 Å². The van der Waals surface area contributed by atoms with E-state index in [4.69, 9.17) is 9.47 Å². The largest absolute Gasteiger partial charge is 0.506 e. The van der Waals surface area contributed by atoms with Crippen LogP contribution in [0.4, 0.5) is 17.1 Å². The SMILES string of the molecule is COc1ccc(S(=O)(=O)N(CC(=O)O)c2ccc(N3CCC(NC[C@H](O)c4ccc(O)c(NS(C)(=O)=O)c4)CC3)cc2)cc1OC. The number of nitrogens with one attached hydrogen (secondary N) is 2. The van der Waals surface area contributed by atoms with Crippen molar-refractivity contribution in [2.75, 3.05) is 60.6 Å². The number of sulfonamides is 2. The van der Waals surface area contributed by atoms with Crippen molar-refractivity contribution in [1.29, 1.82) is 0 Å². The first-order valence-corrected chi connectivity index (χ1v) is 17.6. The summed E-state index contributed by atoms with van der Waals surface area (Å²) in [6, 6.07) is 15.0. The molecule has 1 aliphatic rings. The molecule has 0 spiro atoms. The number of hydrogen-bond acceptors (Lipinski definition) is 11. The summed E-state index contributed by atoms with van der Waals surface area (Å²) >= 11 is 0. The number of ether oxygens (including phenoxy) is 2. The quantitative estimate of drug-likeness (QED) is 0.157. The molecule has 250 valence electrons. The molecule has 0 saturated carbocycles. The van der Waals surface area contributed by atoms with Crippen molar-refractivity contribution in [2.24, 2.45) is 0 Å². The third-order valence-corrected chi connectivity index (χ3v) is 9.88. The number of aliphatic hydroxyl groups excluding tert-OH is 1. The van der Waals surface area contributed by atoms with Gasteiger partial charge < -0.3 is 35.0 Å². The second-order valence-electron chi connectivity index (χ2n) is 10.8. The number of methoxy groups -OCH3 is 2. The second-order valence-corrected chi connectivity index (χ2v) is 14.4. The van der Waals surface area contributed by atoms with Crippen LogP contribution >= 0.6 is 0 Å². The van der Waals surface area contributed by atoms with Gasteiger partial charge in [0.15, 0.2) is 11.5 Å². The number of piperidine rings is 1. The molecule has 1 saturated heterocycles. The van der Waals surface area contributed by atoms with Crippen LogP contribution in [0.15, 0.2) is 65.6 Å². The maximum absolute atomic E-state index is 13.5. The highest BCUT2D eigenvalue weighted by atomic mass is 32.2. The van der Waals surface area contributed by atoms with Crippen LogP contribution in [0.5, 0.6) is 17.2 Å². The standard InChI is InChI=1S/C30H38N4O10S2/c1-43-28-11-9-24(17-29(28)44-2)46(41,42)34(19-30(37)38)23-7-5-22(6-8-23)33-14-12-21(13-15-33)31-18-27(36)20-4-10-26(35)25(16-20)32-45(3,39)40/h4-11,16-17,21,27,31-32,35-36H,12-15,18-19H2,1-3H3,(H,37,38)/t27-/m0/s1. The van der Waals surface area contributed by atoms with E-state index in [0.29, 0.717) is 24.4 Å². The Labute approximate surface area is 268 Å². The molecule has 4 rings (SSSR count). The Morgan fingerprint density at radius 1 is 0.978 bits per heavy atom. The average molecular weight is 679 g/mol. The number of phenolic OH excluding ortho intramolecular Hbond substituents is 1. The lowest BCUT2D eigenvalue weighted by Crippen LogP contribution is -2.43. The first kappa shape index (κ1) is 34.6. The molecule has 1 heterocycles. The molecule has 0 bridgehead atoms. The number of benzene rings is 3. The Balaban J connectivity index is 1.38. The summed E-state index contributed by atoms with van der Waals surface area (Å²) in [6.45, 7) is 0.796. The van der Waals surface area contributed by atoms with Gasteiger partial charge in [0, 0.05) is 37.4 Å². The molecule has 3 aromatic rings. The summed E-state index contributed by atoms with van der Waals surface area (Å²) in [7, 11) is -5.07. The van der Waals surface area contributed by atoms with Gasteiger partial charge in [0.25, 0.3) is 10.0 Å². The average Bonchev–Trinajstić information content (AvgIpc) is 3.02. The Hall–Kier alpha value is -4.25. The molecule has 0 amide bonds. The summed E-state index contributed by atoms with van der Waals surface area (Å²) in [6.07, 6.45) is 1.54. The Morgan fingerprint density at radius 3 is 2.22 bits per heavy atom. The number of carboxylic acid groups (broad SMARTS) is 1. The van der Waals surface area contributed by atoms with E-state index in [1.54, 1.807) is 24.3 Å². The van der Waals surface area contributed by atoms with Crippen LogP contribution in [0.3, 0.4) is 0 Å². The lowest BCUT2D eigenvalue weighted by molar-refractivity contribution is -0.135. The Morgan fingerprint density at radius 2 is 1.63 bits per heavy atom. The summed E-state index contributed by atoms with van der Waals surface area (Å²) in [4.78, 5) is 13.7. The van der Waals surface area contributed by atoms with Crippen molar-refractivity contribution in [3.8, 4) is 17.2 Å². The highest BCUT2D eigenvalue weighted by Gasteiger charge is 2.29. The minimum Gasteiger partial charge on any atom is -0.506 e. The van der Waals surface area contributed by atoms with E-state index < -0.39 is 38.7 Å². The first-order valence-electron chi connectivity index (χ1n) is 14.3. The van der Waals surface area contributed by atoms with Crippen molar-refractivity contribution in [3.63, 3.8) is 0 Å². The number of carbonyl (C=O) groups is 1. The molecule has 1 aliphatic heterocycles. The topological polar surface area (TPSA) is 195 Å². The molecule has 16 heteroatoms. The first-order chi connectivity index (χ1) is 21.7. The normalized spacial score (nSPS) is 14.8. The van der Waals surface area contributed by atoms with E-state index in [1.807, 2.05) is 0 Å². The lowest BCUT2D eigenvalue weighted by atomic mass is 10.0. The molecular formula is C30H38N4O10S2. The number of rotatable bonds is 14. The minimum absolute atomic E-state index is 0.0111. The van der Waals surface area contributed by atoms with Crippen LogP contribution in [0.1, 0.15) is 24.5 Å². The van der Waals surface area contributed by atoms with Crippen LogP contribution in [0.2, 0.25) is 0 Å². The van der Waals surface area contributed by atoms with E-state index in [0.717, 1.165) is 29.1 Å². The van der Waals surface area contributed by atoms with Crippen LogP contribution < -0.4 is 28.7 Å². The Kier molecular flexibility index (Phi) is 10.9. The van der Waals surface area contributed by atoms with Gasteiger partial charge in [-0.25, -0.2) is 16.8 Å². The molecular weight excluding hydrogens is 640 g/mol. The van der Waals surface area contributed by atoms with Gasteiger partial charge in [-0.1, -0.05) is 6.07 Å². The number of aliphatic carboxylic acids is 1. The molecule has 1 atom stereocenters. The maximum atomic E-state index is 13.5. The number of aliphatic hydroxyl groups is 1. The van der Waals surface area contributed by atoms with Gasteiger partial charge in [-0.2, -0.15) is 0 Å². The monoisotopic (exact) mass is 678 g/mol. The predicted octanol–water partition coefficient (Wildman–Crippen LogP) is 2.35. The third-order valence-electron chi connectivity index (χ3n) is 7.52. The van der Waals surface area contributed by atoms with Crippen LogP contribution in [-0.4, -0.2) is 90.8 Å². The van der Waals surface area contributed by atoms with Crippen molar-refractivity contribution >= 4 is 43.1 Å². The van der Waals surface area contributed by atoms with E-state index in [-0.39, 0.29) is 40.4 Å². The van der Waals surface area contributed by atoms with Gasteiger partial charge in [-0.15, -0.1) is 0 Å². The summed E-state index contributed by atoms with van der Waals surface area (Å²) < 4.78 is 63.6. The molecule has 0 unspecified atom stereocenters. The molecule has 46 heavy (non-hydrogen) atoms. The van der Waals surface area contributed by atoms with Gasteiger partial charge in [-0.3, -0.25) is 13.8 Å². The number of carboxylic acids is 1. The van der Waals surface area contributed by atoms with Gasteiger partial charge >= 0.3 is 5.97 Å². The van der Waals surface area contributed by atoms with E-state index in [9.17, 15) is 36.9 Å². The van der Waals surface area contributed by atoms with E-state index >= 15 is 0 Å². The van der Waals surface area contributed by atoms with E-state index in [2.05, 4.69) is 14.9 Å². The Bertz CT molecular complexity index is 1740. The summed E-state index contributed by atoms with van der Waals surface area (Å²) in [5.41, 5.74) is 1.47. The van der Waals surface area contributed by atoms with Crippen molar-refractivity contribution in [3.05, 3.63) is 66.2 Å². The fourth-order valence-electron chi connectivity index (χ4n) is 5.15. The zero-order valence-corrected chi connectivity index (χ0v) is 27.2. The van der Waals surface area contributed by atoms with E-state index in [1.165, 1.54) is 50.6 Å². The van der Waals surface area contributed by atoms with Crippen LogP contribution in [0.25, 0.3) is 0 Å². The molecule has 3 aromatic carbocycles. The number of nitrogens with zero attached hydrogens (tertiary/aromatic N) is 2.